The molecular formula is C9H5F2NO. The van der Waals surface area contributed by atoms with Crippen LogP contribution in [0.3, 0.4) is 0 Å². The van der Waals surface area contributed by atoms with Gasteiger partial charge in [0.05, 0.1) is 18.1 Å². The molecule has 0 saturated heterocycles. The maximum Gasteiger partial charge on any atom is 0.153 e. The van der Waals surface area contributed by atoms with Crippen molar-refractivity contribution in [3.63, 3.8) is 0 Å². The van der Waals surface area contributed by atoms with Gasteiger partial charge in [0.25, 0.3) is 0 Å². The number of hydrogen-bond donors (Lipinski definition) is 0. The number of carbonyl (C=O) groups excluding carboxylic acids is 1. The highest BCUT2D eigenvalue weighted by Crippen LogP contribution is 2.15. The molecule has 1 aromatic rings. The highest BCUT2D eigenvalue weighted by molar-refractivity contribution is 5.78. The Kier molecular flexibility index (Phi) is 2.70. The monoisotopic (exact) mass is 181 g/mol. The highest BCUT2D eigenvalue weighted by Gasteiger charge is 2.12. The summed E-state index contributed by atoms with van der Waals surface area (Å²) in [6.45, 7) is 0. The summed E-state index contributed by atoms with van der Waals surface area (Å²) in [6.07, 6.45) is -0.0945. The summed E-state index contributed by atoms with van der Waals surface area (Å²) in [5, 5.41) is 8.30. The topological polar surface area (TPSA) is 40.9 Å². The van der Waals surface area contributed by atoms with E-state index in [2.05, 4.69) is 0 Å². The van der Waals surface area contributed by atoms with Gasteiger partial charge in [-0.25, -0.2) is 8.78 Å². The summed E-state index contributed by atoms with van der Waals surface area (Å²) in [5.74, 6) is -1.54. The number of hydrogen-bond acceptors (Lipinski definition) is 2. The summed E-state index contributed by atoms with van der Waals surface area (Å²) >= 11 is 0. The van der Waals surface area contributed by atoms with Crippen molar-refractivity contribution in [2.45, 2.75) is 6.42 Å². The van der Waals surface area contributed by atoms with Gasteiger partial charge in [-0.15, -0.1) is 0 Å². The van der Waals surface area contributed by atoms with Crippen LogP contribution in [-0.2, 0) is 6.42 Å². The van der Waals surface area contributed by atoms with Gasteiger partial charge in [0.1, 0.15) is 11.6 Å². The first kappa shape index (κ1) is 9.33. The van der Waals surface area contributed by atoms with Crippen molar-refractivity contribution in [1.29, 1.82) is 5.26 Å². The number of aldehydes is 1. The van der Waals surface area contributed by atoms with Gasteiger partial charge in [0, 0.05) is 5.56 Å². The number of halogens is 2. The van der Waals surface area contributed by atoms with Crippen molar-refractivity contribution in [3.8, 4) is 6.07 Å². The van der Waals surface area contributed by atoms with Crippen LogP contribution in [-0.4, -0.2) is 6.29 Å². The van der Waals surface area contributed by atoms with Crippen molar-refractivity contribution in [3.05, 3.63) is 34.9 Å². The molecule has 0 bridgehead atoms. The Hall–Kier alpha value is -1.76. The van der Waals surface area contributed by atoms with Gasteiger partial charge >= 0.3 is 0 Å². The zero-order chi connectivity index (χ0) is 9.84. The zero-order valence-electron chi connectivity index (χ0n) is 6.55. The Bertz CT molecular complexity index is 382. The van der Waals surface area contributed by atoms with Gasteiger partial charge in [-0.1, -0.05) is 0 Å². The number of carbonyl (C=O) groups is 1. The van der Waals surface area contributed by atoms with Crippen molar-refractivity contribution >= 4 is 6.29 Å². The Balaban J connectivity index is 3.36. The molecule has 66 valence electrons. The van der Waals surface area contributed by atoms with E-state index in [0.29, 0.717) is 0 Å². The average molecular weight is 181 g/mol. The zero-order valence-corrected chi connectivity index (χ0v) is 6.55. The molecule has 0 spiro atoms. The van der Waals surface area contributed by atoms with Gasteiger partial charge < -0.3 is 0 Å². The summed E-state index contributed by atoms with van der Waals surface area (Å²) in [4.78, 5) is 10.4. The van der Waals surface area contributed by atoms with E-state index < -0.39 is 11.6 Å². The Morgan fingerprint density at radius 1 is 1.38 bits per heavy atom. The van der Waals surface area contributed by atoms with Gasteiger partial charge in [-0.3, -0.25) is 4.79 Å². The molecule has 0 aliphatic carbocycles. The second-order valence-electron chi connectivity index (χ2n) is 2.37. The fourth-order valence-corrected chi connectivity index (χ4v) is 0.996. The summed E-state index contributed by atoms with van der Waals surface area (Å²) in [5.41, 5.74) is -0.556. The van der Waals surface area contributed by atoms with Gasteiger partial charge in [-0.2, -0.15) is 5.26 Å². The molecule has 0 atom stereocenters. The highest BCUT2D eigenvalue weighted by atomic mass is 19.1. The number of rotatable bonds is 2. The predicted octanol–water partition coefficient (Wildman–Crippen LogP) is 1.84. The molecule has 0 N–H and O–H groups in total. The molecule has 0 amide bonds. The second-order valence-corrected chi connectivity index (χ2v) is 2.37. The Labute approximate surface area is 73.4 Å². The van der Waals surface area contributed by atoms with Crippen LogP contribution in [0.4, 0.5) is 8.78 Å². The molecule has 0 saturated carbocycles. The van der Waals surface area contributed by atoms with Crippen LogP contribution < -0.4 is 0 Å². The molecule has 13 heavy (non-hydrogen) atoms. The number of benzene rings is 1. The molecule has 1 rings (SSSR count). The van der Waals surface area contributed by atoms with Crippen molar-refractivity contribution in [2.24, 2.45) is 0 Å². The van der Waals surface area contributed by atoms with E-state index in [1.165, 1.54) is 0 Å². The SMILES string of the molecule is N#CCc1c(F)ccc(F)c1C=O. The first-order valence-electron chi connectivity index (χ1n) is 3.49. The van der Waals surface area contributed by atoms with E-state index >= 15 is 0 Å². The third-order valence-electron chi connectivity index (χ3n) is 1.62. The van der Waals surface area contributed by atoms with Gasteiger partial charge in [0.2, 0.25) is 0 Å². The largest absolute Gasteiger partial charge is 0.298 e. The van der Waals surface area contributed by atoms with Crippen LogP contribution in [0, 0.1) is 23.0 Å². The standard InChI is InChI=1S/C9H5F2NO/c10-8-1-2-9(11)7(5-13)6(8)3-4-12/h1-2,5H,3H2. The van der Waals surface area contributed by atoms with Crippen molar-refractivity contribution in [1.82, 2.24) is 0 Å². The summed E-state index contributed by atoms with van der Waals surface area (Å²) < 4.78 is 25.8. The van der Waals surface area contributed by atoms with E-state index in [1.807, 2.05) is 0 Å². The lowest BCUT2D eigenvalue weighted by Gasteiger charge is -2.02. The minimum atomic E-state index is -0.804. The smallest absolute Gasteiger partial charge is 0.153 e. The average Bonchev–Trinajstić information content (AvgIpc) is 2.12. The molecule has 0 heterocycles. The maximum absolute atomic E-state index is 12.9. The molecule has 0 fully saturated rings. The Morgan fingerprint density at radius 2 is 2.00 bits per heavy atom. The normalized spacial score (nSPS) is 9.31. The molecule has 1 aromatic carbocycles. The van der Waals surface area contributed by atoms with Crippen molar-refractivity contribution in [2.75, 3.05) is 0 Å². The fourth-order valence-electron chi connectivity index (χ4n) is 0.996. The third-order valence-corrected chi connectivity index (χ3v) is 1.62. The van der Waals surface area contributed by atoms with Gasteiger partial charge in [0.15, 0.2) is 6.29 Å². The maximum atomic E-state index is 12.9. The summed E-state index contributed by atoms with van der Waals surface area (Å²) in [7, 11) is 0. The van der Waals surface area contributed by atoms with Crippen LogP contribution in [0.25, 0.3) is 0 Å². The van der Waals surface area contributed by atoms with Crippen molar-refractivity contribution < 1.29 is 13.6 Å². The van der Waals surface area contributed by atoms with Crippen LogP contribution in [0.2, 0.25) is 0 Å². The lowest BCUT2D eigenvalue weighted by atomic mass is 10.1. The van der Waals surface area contributed by atoms with E-state index in [4.69, 9.17) is 5.26 Å². The van der Waals surface area contributed by atoms with E-state index in [0.717, 1.165) is 12.1 Å². The molecule has 2 nitrogen and oxygen atoms in total. The Morgan fingerprint density at radius 3 is 2.54 bits per heavy atom. The van der Waals surface area contributed by atoms with Crippen LogP contribution in [0.5, 0.6) is 0 Å². The van der Waals surface area contributed by atoms with Crippen LogP contribution in [0.15, 0.2) is 12.1 Å². The molecule has 0 aliphatic rings. The fraction of sp³-hybridized carbons (Fsp3) is 0.111. The molecule has 0 radical (unpaired) electrons. The van der Waals surface area contributed by atoms with Gasteiger partial charge in [-0.05, 0) is 12.1 Å². The van der Waals surface area contributed by atoms with E-state index in [9.17, 15) is 13.6 Å². The van der Waals surface area contributed by atoms with Crippen LogP contribution in [0.1, 0.15) is 15.9 Å². The molecule has 4 heteroatoms. The lowest BCUT2D eigenvalue weighted by molar-refractivity contribution is 0.111. The minimum Gasteiger partial charge on any atom is -0.298 e. The first-order chi connectivity index (χ1) is 6.20. The molecule has 0 unspecified atom stereocenters. The quantitative estimate of drug-likeness (QED) is 0.653. The lowest BCUT2D eigenvalue weighted by Crippen LogP contribution is -1.99. The van der Waals surface area contributed by atoms with E-state index in [-0.39, 0.29) is 23.8 Å². The second kappa shape index (κ2) is 3.76. The first-order valence-corrected chi connectivity index (χ1v) is 3.49. The number of nitriles is 1. The minimum absolute atomic E-state index is 0.183. The van der Waals surface area contributed by atoms with E-state index in [1.54, 1.807) is 6.07 Å². The molecule has 0 aromatic heterocycles. The third kappa shape index (κ3) is 1.70. The number of nitrogens with zero attached hydrogens (tertiary/aromatic N) is 1. The summed E-state index contributed by atoms with van der Waals surface area (Å²) in [6, 6.07) is 3.42. The van der Waals surface area contributed by atoms with Crippen LogP contribution >= 0.6 is 0 Å². The predicted molar refractivity (Wildman–Crippen MR) is 41.1 cm³/mol. The molecular weight excluding hydrogens is 176 g/mol. The molecule has 0 aliphatic heterocycles.